The molecule has 5 rings (SSSR count). The van der Waals surface area contributed by atoms with Gasteiger partial charge in [0.15, 0.2) is 0 Å². The van der Waals surface area contributed by atoms with E-state index in [1.807, 2.05) is 6.07 Å². The second-order valence-electron chi connectivity index (χ2n) is 5.70. The third kappa shape index (κ3) is 1.46. The van der Waals surface area contributed by atoms with E-state index >= 15 is 0 Å². The molecule has 3 nitrogen and oxygen atoms in total. The van der Waals surface area contributed by atoms with Gasteiger partial charge in [0, 0.05) is 18.3 Å². The molecule has 0 radical (unpaired) electrons. The second-order valence-corrected chi connectivity index (χ2v) is 5.70. The molecule has 102 valence electrons. The molecule has 3 heteroatoms. The van der Waals surface area contributed by atoms with Gasteiger partial charge in [-0.1, -0.05) is 42.5 Å². The molecule has 2 aromatic heterocycles. The molecular formula is C18H15N3. The summed E-state index contributed by atoms with van der Waals surface area (Å²) in [7, 11) is 0. The van der Waals surface area contributed by atoms with Gasteiger partial charge < -0.3 is 4.57 Å². The van der Waals surface area contributed by atoms with E-state index in [0.717, 1.165) is 18.0 Å². The van der Waals surface area contributed by atoms with Crippen LogP contribution in [0.5, 0.6) is 0 Å². The van der Waals surface area contributed by atoms with E-state index in [2.05, 4.69) is 57.6 Å². The minimum atomic E-state index is 1.05. The summed E-state index contributed by atoms with van der Waals surface area (Å²) in [6.45, 7) is 1.06. The summed E-state index contributed by atoms with van der Waals surface area (Å²) in [4.78, 5) is 4.89. The Balaban J connectivity index is 1.87. The summed E-state index contributed by atoms with van der Waals surface area (Å²) in [6.07, 6.45) is 4.54. The maximum absolute atomic E-state index is 4.89. The summed E-state index contributed by atoms with van der Waals surface area (Å²) >= 11 is 0. The second kappa shape index (κ2) is 3.98. The lowest BCUT2D eigenvalue weighted by Crippen LogP contribution is -2.07. The lowest BCUT2D eigenvalue weighted by Gasteiger charge is -2.14. The standard InChI is InChI=1S/C18H15N3/c1-2-6-13(7-3-1)15-12-21-16-10-4-8-14-9-5-11-20(17(14)16)18(21)19-15/h1-4,6-8,10,12H,5,9,11H2. The topological polar surface area (TPSA) is 22.2 Å². The summed E-state index contributed by atoms with van der Waals surface area (Å²) in [5.41, 5.74) is 6.31. The van der Waals surface area contributed by atoms with E-state index < -0.39 is 0 Å². The average Bonchev–Trinajstić information content (AvgIpc) is 3.10. The molecule has 1 aliphatic rings. The lowest BCUT2D eigenvalue weighted by atomic mass is 10.0. The maximum Gasteiger partial charge on any atom is 0.215 e. The largest absolute Gasteiger partial charge is 0.309 e. The normalized spacial score (nSPS) is 14.1. The highest BCUT2D eigenvalue weighted by molar-refractivity contribution is 5.85. The van der Waals surface area contributed by atoms with Gasteiger partial charge in [0.2, 0.25) is 5.78 Å². The molecule has 0 fully saturated rings. The fourth-order valence-electron chi connectivity index (χ4n) is 3.51. The molecule has 4 aromatic rings. The quantitative estimate of drug-likeness (QED) is 0.515. The smallest absolute Gasteiger partial charge is 0.215 e. The highest BCUT2D eigenvalue weighted by Crippen LogP contribution is 2.30. The minimum Gasteiger partial charge on any atom is -0.309 e. The molecule has 0 amide bonds. The molecule has 2 aromatic carbocycles. The van der Waals surface area contributed by atoms with Crippen LogP contribution in [0.3, 0.4) is 0 Å². The van der Waals surface area contributed by atoms with Gasteiger partial charge in [-0.05, 0) is 24.5 Å². The van der Waals surface area contributed by atoms with Crippen molar-refractivity contribution in [1.29, 1.82) is 0 Å². The highest BCUT2D eigenvalue weighted by Gasteiger charge is 2.19. The van der Waals surface area contributed by atoms with Crippen LogP contribution in [0.15, 0.2) is 54.7 Å². The monoisotopic (exact) mass is 273 g/mol. The molecule has 0 N–H and O–H groups in total. The zero-order valence-corrected chi connectivity index (χ0v) is 11.7. The number of nitrogens with zero attached hydrogens (tertiary/aromatic N) is 3. The lowest BCUT2D eigenvalue weighted by molar-refractivity contribution is 0.644. The summed E-state index contributed by atoms with van der Waals surface area (Å²) in [5, 5.41) is 0. The molecule has 3 heterocycles. The number of para-hydroxylation sites is 1. The summed E-state index contributed by atoms with van der Waals surface area (Å²) < 4.78 is 4.62. The molecule has 0 saturated carbocycles. The predicted octanol–water partition coefficient (Wildman–Crippen LogP) is 3.90. The van der Waals surface area contributed by atoms with Gasteiger partial charge in [0.05, 0.1) is 16.7 Å². The van der Waals surface area contributed by atoms with Gasteiger partial charge in [-0.15, -0.1) is 0 Å². The van der Waals surface area contributed by atoms with E-state index in [4.69, 9.17) is 4.98 Å². The Bertz CT molecular complexity index is 960. The molecule has 0 aliphatic carbocycles. The number of imidazole rings is 2. The van der Waals surface area contributed by atoms with Gasteiger partial charge in [-0.25, -0.2) is 4.98 Å². The van der Waals surface area contributed by atoms with Crippen LogP contribution >= 0.6 is 0 Å². The van der Waals surface area contributed by atoms with Crippen molar-refractivity contribution in [3.8, 4) is 11.3 Å². The maximum atomic E-state index is 4.89. The Labute approximate surface area is 122 Å². The molecule has 0 spiro atoms. The van der Waals surface area contributed by atoms with Gasteiger partial charge >= 0.3 is 0 Å². The third-order valence-electron chi connectivity index (χ3n) is 4.45. The van der Waals surface area contributed by atoms with E-state index in [0.29, 0.717) is 0 Å². The van der Waals surface area contributed by atoms with Gasteiger partial charge in [-0.2, -0.15) is 0 Å². The minimum absolute atomic E-state index is 1.05. The van der Waals surface area contributed by atoms with Crippen molar-refractivity contribution >= 4 is 16.8 Å². The fraction of sp³-hybridized carbons (Fsp3) is 0.167. The highest BCUT2D eigenvalue weighted by atomic mass is 15.2. The van der Waals surface area contributed by atoms with E-state index in [-0.39, 0.29) is 0 Å². The number of fused-ring (bicyclic) bond motifs is 3. The van der Waals surface area contributed by atoms with E-state index in [1.54, 1.807) is 0 Å². The Morgan fingerprint density at radius 1 is 0.952 bits per heavy atom. The first-order valence-corrected chi connectivity index (χ1v) is 7.46. The van der Waals surface area contributed by atoms with Crippen molar-refractivity contribution < 1.29 is 0 Å². The van der Waals surface area contributed by atoms with Crippen LogP contribution in [0.1, 0.15) is 12.0 Å². The molecule has 1 aliphatic heterocycles. The van der Waals surface area contributed by atoms with Crippen molar-refractivity contribution in [3.05, 3.63) is 60.3 Å². The zero-order valence-electron chi connectivity index (χ0n) is 11.7. The van der Waals surface area contributed by atoms with Crippen molar-refractivity contribution in [2.24, 2.45) is 0 Å². The number of aryl methyl sites for hydroxylation is 2. The molecule has 21 heavy (non-hydrogen) atoms. The van der Waals surface area contributed by atoms with E-state index in [9.17, 15) is 0 Å². The molecular weight excluding hydrogens is 258 g/mol. The average molecular weight is 273 g/mol. The number of hydrogen-bond donors (Lipinski definition) is 0. The third-order valence-corrected chi connectivity index (χ3v) is 4.45. The van der Waals surface area contributed by atoms with Crippen LogP contribution in [0.2, 0.25) is 0 Å². The first-order valence-electron chi connectivity index (χ1n) is 7.46. The number of benzene rings is 2. The SMILES string of the molecule is c1ccc(-c2cn3c4cccc5c4n(c3n2)CCC5)cc1. The fourth-order valence-corrected chi connectivity index (χ4v) is 3.51. The number of aromatic nitrogens is 3. The van der Waals surface area contributed by atoms with E-state index in [1.165, 1.54) is 35.0 Å². The Hall–Kier alpha value is -2.55. The zero-order chi connectivity index (χ0) is 13.8. The molecule has 0 atom stereocenters. The number of rotatable bonds is 1. The predicted molar refractivity (Wildman–Crippen MR) is 84.4 cm³/mol. The van der Waals surface area contributed by atoms with Crippen LogP contribution in [0.4, 0.5) is 0 Å². The Morgan fingerprint density at radius 2 is 1.86 bits per heavy atom. The van der Waals surface area contributed by atoms with Crippen molar-refractivity contribution in [1.82, 2.24) is 14.0 Å². The summed E-state index contributed by atoms with van der Waals surface area (Å²) in [6, 6.07) is 17.0. The molecule has 0 bridgehead atoms. The van der Waals surface area contributed by atoms with Crippen LogP contribution in [-0.4, -0.2) is 14.0 Å². The van der Waals surface area contributed by atoms with Crippen molar-refractivity contribution in [2.45, 2.75) is 19.4 Å². The summed E-state index contributed by atoms with van der Waals surface area (Å²) in [5.74, 6) is 1.07. The van der Waals surface area contributed by atoms with Crippen LogP contribution < -0.4 is 0 Å². The van der Waals surface area contributed by atoms with Crippen LogP contribution in [0.25, 0.3) is 28.1 Å². The van der Waals surface area contributed by atoms with Gasteiger partial charge in [0.25, 0.3) is 0 Å². The first kappa shape index (κ1) is 11.1. The Morgan fingerprint density at radius 3 is 2.76 bits per heavy atom. The van der Waals surface area contributed by atoms with Gasteiger partial charge in [-0.3, -0.25) is 4.40 Å². The Kier molecular flexibility index (Phi) is 2.11. The molecule has 0 unspecified atom stereocenters. The first-order chi connectivity index (χ1) is 10.4. The van der Waals surface area contributed by atoms with Gasteiger partial charge in [0.1, 0.15) is 0 Å². The molecule has 0 saturated heterocycles. The van der Waals surface area contributed by atoms with Crippen molar-refractivity contribution in [2.75, 3.05) is 0 Å². The van der Waals surface area contributed by atoms with Crippen LogP contribution in [0, 0.1) is 0 Å². The van der Waals surface area contributed by atoms with Crippen LogP contribution in [-0.2, 0) is 13.0 Å². The number of hydrogen-bond acceptors (Lipinski definition) is 1. The van der Waals surface area contributed by atoms with Crippen molar-refractivity contribution in [3.63, 3.8) is 0 Å².